The molecule has 0 saturated carbocycles. The smallest absolute Gasteiger partial charge is 0.244 e. The Balaban J connectivity index is 1.40. The minimum atomic E-state index is -0.447. The number of carbonyl (C=O) groups is 1. The molecular weight excluding hydrogens is 612 g/mol. The standard InChI is InChI=1S/C37H42N4O7/c1-40-26-13-23-16-32(45-4)34(47-6)18-25(23)36(40)27-14-22-15-31(44-3)33(46-5)17-24(22)29(41(27)28(26)19-38)20-39-35(42)12-11-21-9-8-10-30(43-2)37(21)48-7/h8-12,15-18,26-29,36H,13-14,20H2,1-7H3,(H,39,42)/b12-11+/t26-,27-,28-,29-,36+/m0/s1. The maximum atomic E-state index is 13.4. The second kappa shape index (κ2) is 13.7. The number of rotatable bonds is 10. The lowest BCUT2D eigenvalue weighted by atomic mass is 9.72. The van der Waals surface area contributed by atoms with Crippen LogP contribution in [0, 0.1) is 11.3 Å². The molecule has 0 aliphatic carbocycles. The Labute approximate surface area is 281 Å². The summed E-state index contributed by atoms with van der Waals surface area (Å²) in [5, 5.41) is 13.9. The Hall–Kier alpha value is -4.92. The molecule has 0 unspecified atom stereocenters. The van der Waals surface area contributed by atoms with Gasteiger partial charge in [0.25, 0.3) is 0 Å². The summed E-state index contributed by atoms with van der Waals surface area (Å²) < 4.78 is 33.7. The maximum Gasteiger partial charge on any atom is 0.244 e. The van der Waals surface area contributed by atoms with Gasteiger partial charge in [0.15, 0.2) is 34.5 Å². The maximum absolute atomic E-state index is 13.4. The van der Waals surface area contributed by atoms with Crippen LogP contribution in [0.3, 0.4) is 0 Å². The predicted molar refractivity (Wildman–Crippen MR) is 180 cm³/mol. The van der Waals surface area contributed by atoms with Crippen molar-refractivity contribution in [2.24, 2.45) is 0 Å². The number of hydrogen-bond donors (Lipinski definition) is 1. The summed E-state index contributed by atoms with van der Waals surface area (Å²) in [6.45, 7) is 0.275. The highest BCUT2D eigenvalue weighted by atomic mass is 16.5. The Morgan fingerprint density at radius 1 is 0.833 bits per heavy atom. The Morgan fingerprint density at radius 2 is 1.42 bits per heavy atom. The van der Waals surface area contributed by atoms with Gasteiger partial charge in [-0.2, -0.15) is 5.26 Å². The van der Waals surface area contributed by atoms with Crippen LogP contribution < -0.4 is 33.7 Å². The van der Waals surface area contributed by atoms with Gasteiger partial charge in [-0.15, -0.1) is 0 Å². The van der Waals surface area contributed by atoms with E-state index >= 15 is 0 Å². The Morgan fingerprint density at radius 3 is 2.02 bits per heavy atom. The fourth-order valence-corrected chi connectivity index (χ4v) is 7.85. The van der Waals surface area contributed by atoms with E-state index in [1.807, 2.05) is 24.3 Å². The number of nitrogens with one attached hydrogen (secondary N) is 1. The Kier molecular flexibility index (Phi) is 9.40. The molecule has 3 aromatic rings. The molecule has 252 valence electrons. The molecule has 48 heavy (non-hydrogen) atoms. The number of carbonyl (C=O) groups excluding carboxylic acids is 1. The van der Waals surface area contributed by atoms with Crippen LogP contribution in [0.5, 0.6) is 34.5 Å². The fourth-order valence-electron chi connectivity index (χ4n) is 7.85. The summed E-state index contributed by atoms with van der Waals surface area (Å²) in [6, 6.07) is 15.3. The van der Waals surface area contributed by atoms with Crippen LogP contribution in [-0.4, -0.2) is 90.1 Å². The number of para-hydroxylation sites is 1. The van der Waals surface area contributed by atoms with Crippen molar-refractivity contribution in [3.05, 3.63) is 76.4 Å². The van der Waals surface area contributed by atoms with E-state index in [-0.39, 0.29) is 36.6 Å². The SMILES string of the molecule is COc1cc2c(cc1OC)[C@@H]1[C@@H]3Cc4cc(OC)c(OC)cc4[C@H](CNC(=O)/C=C/c4cccc(OC)c4OC)N3[C@@H](C#N)[C@H](C2)N1C. The van der Waals surface area contributed by atoms with E-state index in [4.69, 9.17) is 28.4 Å². The van der Waals surface area contributed by atoms with Gasteiger partial charge in [-0.3, -0.25) is 14.6 Å². The molecule has 1 saturated heterocycles. The van der Waals surface area contributed by atoms with Gasteiger partial charge in [0.2, 0.25) is 5.91 Å². The highest BCUT2D eigenvalue weighted by Gasteiger charge is 2.54. The van der Waals surface area contributed by atoms with Gasteiger partial charge >= 0.3 is 0 Å². The van der Waals surface area contributed by atoms with Crippen LogP contribution in [0.15, 0.2) is 48.5 Å². The van der Waals surface area contributed by atoms with Crippen molar-refractivity contribution in [3.63, 3.8) is 0 Å². The monoisotopic (exact) mass is 654 g/mol. The second-order valence-electron chi connectivity index (χ2n) is 12.2. The third-order valence-corrected chi connectivity index (χ3v) is 10.0. The molecule has 11 heteroatoms. The van der Waals surface area contributed by atoms with Crippen molar-refractivity contribution in [1.82, 2.24) is 15.1 Å². The van der Waals surface area contributed by atoms with Gasteiger partial charge in [-0.05, 0) is 78.6 Å². The zero-order valence-electron chi connectivity index (χ0n) is 28.4. The zero-order valence-corrected chi connectivity index (χ0v) is 28.4. The van der Waals surface area contributed by atoms with E-state index in [0.717, 1.165) is 22.3 Å². The normalized spacial score (nSPS) is 22.8. The topological polar surface area (TPSA) is 115 Å². The molecule has 11 nitrogen and oxygen atoms in total. The zero-order chi connectivity index (χ0) is 34.1. The summed E-state index contributed by atoms with van der Waals surface area (Å²) in [4.78, 5) is 18.0. The van der Waals surface area contributed by atoms with Gasteiger partial charge in [-0.1, -0.05) is 12.1 Å². The number of hydrogen-bond acceptors (Lipinski definition) is 10. The number of fused-ring (bicyclic) bond motifs is 7. The van der Waals surface area contributed by atoms with Gasteiger partial charge in [0.1, 0.15) is 6.04 Å². The molecule has 0 spiro atoms. The van der Waals surface area contributed by atoms with Crippen LogP contribution >= 0.6 is 0 Å². The largest absolute Gasteiger partial charge is 0.493 e. The van der Waals surface area contributed by atoms with Crippen LogP contribution in [0.2, 0.25) is 0 Å². The van der Waals surface area contributed by atoms with E-state index in [1.165, 1.54) is 6.08 Å². The summed E-state index contributed by atoms with van der Waals surface area (Å²) in [5.74, 6) is 3.44. The number of nitrogens with zero attached hydrogens (tertiary/aromatic N) is 3. The molecule has 2 bridgehead atoms. The van der Waals surface area contributed by atoms with E-state index in [1.54, 1.807) is 54.8 Å². The Bertz CT molecular complexity index is 1770. The lowest BCUT2D eigenvalue weighted by Gasteiger charge is -2.60. The molecule has 1 fully saturated rings. The summed E-state index contributed by atoms with van der Waals surface area (Å²) >= 11 is 0. The average molecular weight is 655 g/mol. The first-order valence-electron chi connectivity index (χ1n) is 15.9. The van der Waals surface area contributed by atoms with E-state index in [9.17, 15) is 10.1 Å². The lowest BCUT2D eigenvalue weighted by Crippen LogP contribution is -2.68. The van der Waals surface area contributed by atoms with Crippen molar-refractivity contribution >= 4 is 12.0 Å². The third kappa shape index (κ3) is 5.55. The molecule has 3 aliphatic heterocycles. The molecule has 3 heterocycles. The molecule has 0 aromatic heterocycles. The third-order valence-electron chi connectivity index (χ3n) is 10.0. The van der Waals surface area contributed by atoms with Crippen molar-refractivity contribution < 1.29 is 33.2 Å². The van der Waals surface area contributed by atoms with Gasteiger partial charge in [-0.25, -0.2) is 0 Å². The van der Waals surface area contributed by atoms with Crippen molar-refractivity contribution in [1.29, 1.82) is 5.26 Å². The van der Waals surface area contributed by atoms with Gasteiger partial charge in [0, 0.05) is 30.3 Å². The minimum Gasteiger partial charge on any atom is -0.493 e. The van der Waals surface area contributed by atoms with Crippen molar-refractivity contribution in [2.75, 3.05) is 56.3 Å². The first kappa shape index (κ1) is 33.0. The van der Waals surface area contributed by atoms with Crippen LogP contribution in [0.25, 0.3) is 6.08 Å². The number of amides is 1. The predicted octanol–water partition coefficient (Wildman–Crippen LogP) is 4.34. The van der Waals surface area contributed by atoms with Gasteiger partial charge < -0.3 is 33.7 Å². The highest BCUT2D eigenvalue weighted by Crippen LogP contribution is 2.52. The van der Waals surface area contributed by atoms with Crippen LogP contribution in [-0.2, 0) is 17.6 Å². The molecule has 3 aromatic carbocycles. The van der Waals surface area contributed by atoms with Crippen molar-refractivity contribution in [2.45, 2.75) is 43.1 Å². The van der Waals surface area contributed by atoms with E-state index in [2.05, 4.69) is 40.4 Å². The van der Waals surface area contributed by atoms with E-state index < -0.39 is 6.04 Å². The molecule has 6 rings (SSSR count). The number of nitriles is 1. The summed E-state index contributed by atoms with van der Waals surface area (Å²) in [6.07, 6.45) is 4.54. The van der Waals surface area contributed by atoms with Gasteiger partial charge in [0.05, 0.1) is 60.8 Å². The van der Waals surface area contributed by atoms with E-state index in [0.29, 0.717) is 52.9 Å². The molecular formula is C37H42N4O7. The summed E-state index contributed by atoms with van der Waals surface area (Å²) in [5.41, 5.74) is 5.11. The minimum absolute atomic E-state index is 0.0389. The number of benzene rings is 3. The number of likely N-dealkylation sites (N-methyl/N-ethyl adjacent to an activating group) is 1. The molecule has 1 amide bonds. The number of ether oxygens (including phenoxy) is 6. The molecule has 0 radical (unpaired) electrons. The number of piperazine rings is 1. The quantitative estimate of drug-likeness (QED) is 0.317. The van der Waals surface area contributed by atoms with Crippen LogP contribution in [0.1, 0.15) is 39.9 Å². The first-order chi connectivity index (χ1) is 23.3. The van der Waals surface area contributed by atoms with Crippen molar-refractivity contribution in [3.8, 4) is 40.6 Å². The lowest BCUT2D eigenvalue weighted by molar-refractivity contribution is -0.117. The molecule has 1 N–H and O–H groups in total. The second-order valence-corrected chi connectivity index (χ2v) is 12.2. The fraction of sp³-hybridized carbons (Fsp3) is 0.405. The summed E-state index contributed by atoms with van der Waals surface area (Å²) in [7, 11) is 11.8. The molecule has 3 aliphatic rings. The average Bonchev–Trinajstić information content (AvgIpc) is 3.11. The number of methoxy groups -OCH3 is 6. The van der Waals surface area contributed by atoms with Crippen LogP contribution in [0.4, 0.5) is 0 Å². The highest BCUT2D eigenvalue weighted by molar-refractivity contribution is 5.92. The first-order valence-corrected chi connectivity index (χ1v) is 15.9. The molecule has 5 atom stereocenters.